The number of carbonyl (C=O) groups is 1. The predicted octanol–water partition coefficient (Wildman–Crippen LogP) is 1.13. The molecule has 0 aliphatic rings. The molecule has 0 bridgehead atoms. The van der Waals surface area contributed by atoms with E-state index in [0.717, 1.165) is 16.9 Å². The Morgan fingerprint density at radius 2 is 2.26 bits per heavy atom. The maximum absolute atomic E-state index is 12.0. The smallest absolute Gasteiger partial charge is 0.224 e. The van der Waals surface area contributed by atoms with E-state index in [1.54, 1.807) is 30.2 Å². The summed E-state index contributed by atoms with van der Waals surface area (Å²) in [4.78, 5) is 16.0. The third-order valence-corrected chi connectivity index (χ3v) is 3.44. The van der Waals surface area contributed by atoms with E-state index in [1.807, 2.05) is 19.1 Å². The topological polar surface area (TPSA) is 98.7 Å². The second kappa shape index (κ2) is 6.39. The van der Waals surface area contributed by atoms with Crippen molar-refractivity contribution in [1.82, 2.24) is 30.5 Å². The minimum absolute atomic E-state index is 0.115. The highest BCUT2D eigenvalue weighted by molar-refractivity contribution is 5.78. The Balaban J connectivity index is 1.59. The van der Waals surface area contributed by atoms with Crippen molar-refractivity contribution in [3.63, 3.8) is 0 Å². The molecule has 3 rings (SSSR count). The maximum Gasteiger partial charge on any atom is 0.224 e. The minimum atomic E-state index is -0.115. The Morgan fingerprint density at radius 1 is 1.39 bits per heavy atom. The number of nitrogens with one attached hydrogen (secondary N) is 1. The first-order valence-corrected chi connectivity index (χ1v) is 7.13. The van der Waals surface area contributed by atoms with E-state index >= 15 is 0 Å². The third-order valence-electron chi connectivity index (χ3n) is 3.44. The molecule has 3 aromatic rings. The lowest BCUT2D eigenvalue weighted by molar-refractivity contribution is -0.120. The minimum Gasteiger partial charge on any atom is -0.361 e. The van der Waals surface area contributed by atoms with Crippen LogP contribution in [-0.2, 0) is 17.8 Å². The van der Waals surface area contributed by atoms with Gasteiger partial charge in [0.1, 0.15) is 11.5 Å². The van der Waals surface area contributed by atoms with Crippen LogP contribution >= 0.6 is 0 Å². The molecule has 0 radical (unpaired) electrons. The van der Waals surface area contributed by atoms with E-state index in [0.29, 0.717) is 18.0 Å². The summed E-state index contributed by atoms with van der Waals surface area (Å²) in [5, 5.41) is 14.7. The number of aryl methyl sites for hydroxylation is 2. The van der Waals surface area contributed by atoms with Gasteiger partial charge >= 0.3 is 0 Å². The molecule has 0 fully saturated rings. The molecule has 0 aliphatic heterocycles. The molecule has 0 unspecified atom stereocenters. The maximum atomic E-state index is 12.0. The van der Waals surface area contributed by atoms with E-state index in [4.69, 9.17) is 4.52 Å². The summed E-state index contributed by atoms with van der Waals surface area (Å²) in [5.41, 5.74) is 3.04. The van der Waals surface area contributed by atoms with Crippen LogP contribution in [0.25, 0.3) is 5.69 Å². The van der Waals surface area contributed by atoms with Gasteiger partial charge in [0.2, 0.25) is 5.91 Å². The third kappa shape index (κ3) is 3.42. The highest BCUT2D eigenvalue weighted by atomic mass is 16.5. The molecule has 0 aliphatic carbocycles. The Bertz CT molecular complexity index is 789. The van der Waals surface area contributed by atoms with Crippen molar-refractivity contribution in [1.29, 1.82) is 0 Å². The molecule has 3 heterocycles. The van der Waals surface area contributed by atoms with Crippen molar-refractivity contribution in [2.75, 3.05) is 0 Å². The van der Waals surface area contributed by atoms with Crippen molar-refractivity contribution < 1.29 is 9.32 Å². The highest BCUT2D eigenvalue weighted by Gasteiger charge is 2.13. The van der Waals surface area contributed by atoms with Crippen LogP contribution in [0.15, 0.2) is 35.2 Å². The zero-order chi connectivity index (χ0) is 16.2. The Labute approximate surface area is 132 Å². The number of nitrogens with zero attached hydrogens (tertiary/aromatic N) is 5. The van der Waals surface area contributed by atoms with Gasteiger partial charge in [0.05, 0.1) is 36.7 Å². The van der Waals surface area contributed by atoms with Crippen LogP contribution in [0, 0.1) is 13.8 Å². The van der Waals surface area contributed by atoms with Gasteiger partial charge in [-0.25, -0.2) is 4.68 Å². The number of pyridine rings is 1. The Hall–Kier alpha value is -3.03. The van der Waals surface area contributed by atoms with Crippen LogP contribution in [0.3, 0.4) is 0 Å². The summed E-state index contributed by atoms with van der Waals surface area (Å²) in [6.45, 7) is 3.92. The highest BCUT2D eigenvalue weighted by Crippen LogP contribution is 2.12. The van der Waals surface area contributed by atoms with Crippen LogP contribution in [0.2, 0.25) is 0 Å². The molecule has 0 saturated carbocycles. The second-order valence-corrected chi connectivity index (χ2v) is 5.12. The van der Waals surface area contributed by atoms with Crippen LogP contribution in [0.5, 0.6) is 0 Å². The molecule has 1 amide bonds. The zero-order valence-electron chi connectivity index (χ0n) is 12.9. The average Bonchev–Trinajstić information content (AvgIpc) is 3.16. The normalized spacial score (nSPS) is 10.7. The molecule has 0 aromatic carbocycles. The first kappa shape index (κ1) is 14.9. The number of carbonyl (C=O) groups excluding carboxylic acids is 1. The molecule has 3 aromatic heterocycles. The summed E-state index contributed by atoms with van der Waals surface area (Å²) in [7, 11) is 0. The van der Waals surface area contributed by atoms with Crippen molar-refractivity contribution in [3.8, 4) is 5.69 Å². The summed E-state index contributed by atoms with van der Waals surface area (Å²) >= 11 is 0. The molecule has 0 spiro atoms. The van der Waals surface area contributed by atoms with Gasteiger partial charge < -0.3 is 9.84 Å². The fraction of sp³-hybridized carbons (Fsp3) is 0.267. The van der Waals surface area contributed by atoms with E-state index in [2.05, 4.69) is 25.8 Å². The number of hydrogen-bond acceptors (Lipinski definition) is 6. The average molecular weight is 312 g/mol. The van der Waals surface area contributed by atoms with Crippen LogP contribution in [-0.4, -0.2) is 31.0 Å². The van der Waals surface area contributed by atoms with Gasteiger partial charge in [0.25, 0.3) is 0 Å². The lowest BCUT2D eigenvalue weighted by Crippen LogP contribution is -2.25. The number of rotatable bonds is 5. The number of amides is 1. The largest absolute Gasteiger partial charge is 0.361 e. The Morgan fingerprint density at radius 3 is 2.96 bits per heavy atom. The summed E-state index contributed by atoms with van der Waals surface area (Å²) in [6, 6.07) is 3.70. The summed E-state index contributed by atoms with van der Waals surface area (Å²) in [6.07, 6.45) is 5.37. The molecule has 0 saturated heterocycles. The van der Waals surface area contributed by atoms with E-state index in [1.165, 1.54) is 0 Å². The number of aromatic nitrogens is 5. The van der Waals surface area contributed by atoms with Gasteiger partial charge in [0.15, 0.2) is 0 Å². The molecule has 118 valence electrons. The van der Waals surface area contributed by atoms with Gasteiger partial charge in [0, 0.05) is 11.8 Å². The van der Waals surface area contributed by atoms with Gasteiger partial charge in [-0.15, -0.1) is 5.10 Å². The number of hydrogen-bond donors (Lipinski definition) is 1. The Kier molecular flexibility index (Phi) is 4.13. The van der Waals surface area contributed by atoms with Gasteiger partial charge in [-0.1, -0.05) is 10.4 Å². The van der Waals surface area contributed by atoms with E-state index < -0.39 is 0 Å². The zero-order valence-corrected chi connectivity index (χ0v) is 12.9. The molecule has 23 heavy (non-hydrogen) atoms. The fourth-order valence-corrected chi connectivity index (χ4v) is 2.16. The fourth-order valence-electron chi connectivity index (χ4n) is 2.16. The standard InChI is InChI=1S/C15H16N6O2/c1-10-14(11(2)23-19-10)6-15(22)17-7-12-9-21(20-18-12)13-4-3-5-16-8-13/h3-5,8-9H,6-7H2,1-2H3,(H,17,22). The molecule has 0 atom stereocenters. The first-order chi connectivity index (χ1) is 11.1. The summed E-state index contributed by atoms with van der Waals surface area (Å²) in [5.74, 6) is 0.551. The van der Waals surface area contributed by atoms with Gasteiger partial charge in [-0.2, -0.15) is 0 Å². The van der Waals surface area contributed by atoms with Crippen molar-refractivity contribution in [2.45, 2.75) is 26.8 Å². The predicted molar refractivity (Wildman–Crippen MR) is 80.7 cm³/mol. The second-order valence-electron chi connectivity index (χ2n) is 5.12. The van der Waals surface area contributed by atoms with Gasteiger partial charge in [-0.05, 0) is 26.0 Å². The first-order valence-electron chi connectivity index (χ1n) is 7.13. The van der Waals surface area contributed by atoms with Crippen LogP contribution < -0.4 is 5.32 Å². The quantitative estimate of drug-likeness (QED) is 0.758. The lowest BCUT2D eigenvalue weighted by Gasteiger charge is -2.02. The van der Waals surface area contributed by atoms with Gasteiger partial charge in [-0.3, -0.25) is 9.78 Å². The van der Waals surface area contributed by atoms with E-state index in [9.17, 15) is 4.79 Å². The van der Waals surface area contributed by atoms with Crippen LogP contribution in [0.4, 0.5) is 0 Å². The van der Waals surface area contributed by atoms with Crippen molar-refractivity contribution >= 4 is 5.91 Å². The SMILES string of the molecule is Cc1noc(C)c1CC(=O)NCc1cn(-c2cccnc2)nn1. The van der Waals surface area contributed by atoms with Crippen molar-refractivity contribution in [2.24, 2.45) is 0 Å². The molecule has 1 N–H and O–H groups in total. The van der Waals surface area contributed by atoms with Crippen molar-refractivity contribution in [3.05, 3.63) is 53.4 Å². The molecule has 8 nitrogen and oxygen atoms in total. The summed E-state index contributed by atoms with van der Waals surface area (Å²) < 4.78 is 6.66. The molecular weight excluding hydrogens is 296 g/mol. The molecule has 8 heteroatoms. The lowest BCUT2D eigenvalue weighted by atomic mass is 10.1. The van der Waals surface area contributed by atoms with Crippen LogP contribution in [0.1, 0.15) is 22.7 Å². The monoisotopic (exact) mass is 312 g/mol. The molecular formula is C15H16N6O2. The van der Waals surface area contributed by atoms with E-state index in [-0.39, 0.29) is 12.3 Å².